The van der Waals surface area contributed by atoms with Gasteiger partial charge in [-0.25, -0.2) is 0 Å². The molecule has 0 saturated heterocycles. The van der Waals surface area contributed by atoms with Gasteiger partial charge in [0.1, 0.15) is 0 Å². The molecule has 0 unspecified atom stereocenters. The highest BCUT2D eigenvalue weighted by Gasteiger charge is 2.13. The number of para-hydroxylation sites is 1. The Morgan fingerprint density at radius 1 is 1.03 bits per heavy atom. The summed E-state index contributed by atoms with van der Waals surface area (Å²) in [6.45, 7) is 0. The van der Waals surface area contributed by atoms with Crippen LogP contribution in [0.4, 0.5) is 5.69 Å². The van der Waals surface area contributed by atoms with E-state index in [4.69, 9.17) is 16.1 Å². The number of aromatic nitrogens is 3. The zero-order chi connectivity index (χ0) is 20.8. The molecule has 7 heteroatoms. The first-order valence-electron chi connectivity index (χ1n) is 9.52. The molecule has 0 aliphatic carbocycles. The first-order valence-corrected chi connectivity index (χ1v) is 9.90. The summed E-state index contributed by atoms with van der Waals surface area (Å²) in [5, 5.41) is 7.69. The second-order valence-electron chi connectivity index (χ2n) is 6.76. The van der Waals surface area contributed by atoms with E-state index in [9.17, 15) is 4.79 Å². The maximum atomic E-state index is 12.5. The van der Waals surface area contributed by atoms with Crippen molar-refractivity contribution in [2.75, 3.05) is 5.32 Å². The van der Waals surface area contributed by atoms with E-state index in [0.717, 1.165) is 22.4 Å². The van der Waals surface area contributed by atoms with Crippen molar-refractivity contribution in [3.05, 3.63) is 95.1 Å². The fourth-order valence-corrected chi connectivity index (χ4v) is 3.28. The largest absolute Gasteiger partial charge is 0.339 e. The van der Waals surface area contributed by atoms with Gasteiger partial charge >= 0.3 is 0 Å². The van der Waals surface area contributed by atoms with Gasteiger partial charge in [0, 0.05) is 35.1 Å². The van der Waals surface area contributed by atoms with Crippen LogP contribution in [0.5, 0.6) is 0 Å². The summed E-state index contributed by atoms with van der Waals surface area (Å²) in [5.41, 5.74) is 3.50. The van der Waals surface area contributed by atoms with Crippen molar-refractivity contribution in [1.29, 1.82) is 0 Å². The lowest BCUT2D eigenvalue weighted by Crippen LogP contribution is -2.14. The SMILES string of the molecule is O=C(CCc1cccc(Cl)c1)Nc1ccccc1Cc1nc(-c2ccncc2)no1. The Balaban J connectivity index is 1.41. The number of carbonyl (C=O) groups is 1. The van der Waals surface area contributed by atoms with Crippen LogP contribution in [0.2, 0.25) is 5.02 Å². The van der Waals surface area contributed by atoms with Crippen LogP contribution in [0, 0.1) is 0 Å². The van der Waals surface area contributed by atoms with Crippen molar-refractivity contribution in [2.45, 2.75) is 19.3 Å². The van der Waals surface area contributed by atoms with Crippen LogP contribution in [0.15, 0.2) is 77.6 Å². The van der Waals surface area contributed by atoms with Gasteiger partial charge in [-0.15, -0.1) is 0 Å². The van der Waals surface area contributed by atoms with Gasteiger partial charge in [-0.05, 0) is 47.9 Å². The lowest BCUT2D eigenvalue weighted by Gasteiger charge is -2.10. The van der Waals surface area contributed by atoms with Gasteiger partial charge in [-0.3, -0.25) is 9.78 Å². The number of halogens is 1. The van der Waals surface area contributed by atoms with Gasteiger partial charge in [-0.2, -0.15) is 4.98 Å². The molecule has 2 aromatic heterocycles. The average molecular weight is 419 g/mol. The Hall–Kier alpha value is -3.51. The van der Waals surface area contributed by atoms with E-state index in [1.54, 1.807) is 12.4 Å². The number of hydrogen-bond donors (Lipinski definition) is 1. The predicted molar refractivity (Wildman–Crippen MR) is 115 cm³/mol. The normalized spacial score (nSPS) is 10.7. The molecular weight excluding hydrogens is 400 g/mol. The quantitative estimate of drug-likeness (QED) is 0.459. The number of anilines is 1. The molecular formula is C23H19ClN4O2. The smallest absolute Gasteiger partial charge is 0.231 e. The maximum Gasteiger partial charge on any atom is 0.231 e. The summed E-state index contributed by atoms with van der Waals surface area (Å²) in [7, 11) is 0. The van der Waals surface area contributed by atoms with E-state index in [1.807, 2.05) is 60.7 Å². The van der Waals surface area contributed by atoms with E-state index < -0.39 is 0 Å². The molecule has 0 aliphatic rings. The summed E-state index contributed by atoms with van der Waals surface area (Å²) in [5.74, 6) is 0.920. The number of aryl methyl sites for hydroxylation is 1. The molecule has 0 radical (unpaired) electrons. The predicted octanol–water partition coefficient (Wildman–Crippen LogP) is 4.95. The topological polar surface area (TPSA) is 80.9 Å². The number of carbonyl (C=O) groups excluding carboxylic acids is 1. The molecule has 0 saturated carbocycles. The van der Waals surface area contributed by atoms with Crippen LogP contribution in [-0.2, 0) is 17.6 Å². The molecule has 0 fully saturated rings. The number of rotatable bonds is 7. The molecule has 0 bridgehead atoms. The van der Waals surface area contributed by atoms with Gasteiger partial charge in [0.25, 0.3) is 0 Å². The standard InChI is InChI=1S/C23H19ClN4O2/c24-19-6-3-4-16(14-19)8-9-21(29)26-20-7-2-1-5-18(20)15-22-27-23(28-30-22)17-10-12-25-13-11-17/h1-7,10-14H,8-9,15H2,(H,26,29). The molecule has 1 amide bonds. The summed E-state index contributed by atoms with van der Waals surface area (Å²) in [6.07, 6.45) is 4.76. The Kier molecular flexibility index (Phi) is 6.15. The van der Waals surface area contributed by atoms with Gasteiger partial charge in [0.05, 0.1) is 6.42 Å². The molecule has 2 aromatic carbocycles. The minimum absolute atomic E-state index is 0.0644. The number of benzene rings is 2. The summed E-state index contributed by atoms with van der Waals surface area (Å²) < 4.78 is 5.39. The number of pyridine rings is 1. The monoisotopic (exact) mass is 418 g/mol. The van der Waals surface area contributed by atoms with Crippen molar-refractivity contribution >= 4 is 23.2 Å². The van der Waals surface area contributed by atoms with Crippen LogP contribution in [0.1, 0.15) is 23.4 Å². The highest BCUT2D eigenvalue weighted by atomic mass is 35.5. The number of nitrogens with one attached hydrogen (secondary N) is 1. The molecule has 4 aromatic rings. The lowest BCUT2D eigenvalue weighted by atomic mass is 10.1. The summed E-state index contributed by atoms with van der Waals surface area (Å²) in [6, 6.07) is 18.8. The number of nitrogens with zero attached hydrogens (tertiary/aromatic N) is 3. The third kappa shape index (κ3) is 5.10. The minimum Gasteiger partial charge on any atom is -0.339 e. The molecule has 4 rings (SSSR count). The molecule has 1 N–H and O–H groups in total. The van der Waals surface area contributed by atoms with E-state index in [-0.39, 0.29) is 5.91 Å². The van der Waals surface area contributed by atoms with E-state index >= 15 is 0 Å². The number of hydrogen-bond acceptors (Lipinski definition) is 5. The van der Waals surface area contributed by atoms with E-state index in [0.29, 0.717) is 36.0 Å². The highest BCUT2D eigenvalue weighted by molar-refractivity contribution is 6.30. The Morgan fingerprint density at radius 2 is 1.87 bits per heavy atom. The summed E-state index contributed by atoms with van der Waals surface area (Å²) >= 11 is 6.00. The van der Waals surface area contributed by atoms with Gasteiger partial charge in [0.2, 0.25) is 17.6 Å². The molecule has 0 spiro atoms. The van der Waals surface area contributed by atoms with Crippen molar-refractivity contribution in [2.24, 2.45) is 0 Å². The Morgan fingerprint density at radius 3 is 2.70 bits per heavy atom. The van der Waals surface area contributed by atoms with Crippen LogP contribution in [0.3, 0.4) is 0 Å². The molecule has 150 valence electrons. The first-order chi connectivity index (χ1) is 14.7. The van der Waals surface area contributed by atoms with Gasteiger partial charge in [-0.1, -0.05) is 47.1 Å². The molecule has 0 atom stereocenters. The average Bonchev–Trinajstić information content (AvgIpc) is 3.23. The van der Waals surface area contributed by atoms with Gasteiger partial charge < -0.3 is 9.84 Å². The van der Waals surface area contributed by atoms with Crippen LogP contribution in [-0.4, -0.2) is 21.0 Å². The molecule has 2 heterocycles. The minimum atomic E-state index is -0.0644. The van der Waals surface area contributed by atoms with Crippen molar-refractivity contribution in [3.8, 4) is 11.4 Å². The van der Waals surface area contributed by atoms with Crippen molar-refractivity contribution < 1.29 is 9.32 Å². The van der Waals surface area contributed by atoms with E-state index in [2.05, 4.69) is 20.4 Å². The zero-order valence-electron chi connectivity index (χ0n) is 16.1. The second-order valence-corrected chi connectivity index (χ2v) is 7.20. The third-order valence-electron chi connectivity index (χ3n) is 4.57. The highest BCUT2D eigenvalue weighted by Crippen LogP contribution is 2.21. The zero-order valence-corrected chi connectivity index (χ0v) is 16.8. The first kappa shape index (κ1) is 19.8. The third-order valence-corrected chi connectivity index (χ3v) is 4.80. The fraction of sp³-hybridized carbons (Fsp3) is 0.130. The van der Waals surface area contributed by atoms with E-state index in [1.165, 1.54) is 0 Å². The van der Waals surface area contributed by atoms with Crippen molar-refractivity contribution in [1.82, 2.24) is 15.1 Å². The maximum absolute atomic E-state index is 12.5. The van der Waals surface area contributed by atoms with Crippen molar-refractivity contribution in [3.63, 3.8) is 0 Å². The Bertz CT molecular complexity index is 1140. The molecule has 30 heavy (non-hydrogen) atoms. The van der Waals surface area contributed by atoms with Crippen LogP contribution >= 0.6 is 11.6 Å². The van der Waals surface area contributed by atoms with Gasteiger partial charge in [0.15, 0.2) is 0 Å². The fourth-order valence-electron chi connectivity index (χ4n) is 3.07. The Labute approximate surface area is 178 Å². The van der Waals surface area contributed by atoms with Crippen LogP contribution < -0.4 is 5.32 Å². The molecule has 0 aliphatic heterocycles. The summed E-state index contributed by atoms with van der Waals surface area (Å²) in [4.78, 5) is 20.9. The number of amides is 1. The second kappa shape index (κ2) is 9.33. The lowest BCUT2D eigenvalue weighted by molar-refractivity contribution is -0.116. The molecule has 6 nitrogen and oxygen atoms in total. The van der Waals surface area contributed by atoms with Crippen LogP contribution in [0.25, 0.3) is 11.4 Å².